The van der Waals surface area contributed by atoms with Crippen LogP contribution >= 0.6 is 11.6 Å². The first-order valence-electron chi connectivity index (χ1n) is 7.83. The van der Waals surface area contributed by atoms with Gasteiger partial charge in [0, 0.05) is 28.8 Å². The van der Waals surface area contributed by atoms with Crippen molar-refractivity contribution in [2.45, 2.75) is 25.7 Å². The Labute approximate surface area is 131 Å². The SMILES string of the molecule is Clc1ccc2nccc(NCCCCN3CCCC3)c2c1. The molecule has 1 aromatic heterocycles. The summed E-state index contributed by atoms with van der Waals surface area (Å²) in [6.45, 7) is 4.83. The zero-order chi connectivity index (χ0) is 14.5. The van der Waals surface area contributed by atoms with Gasteiger partial charge in [-0.15, -0.1) is 0 Å². The van der Waals surface area contributed by atoms with Gasteiger partial charge in [-0.1, -0.05) is 11.6 Å². The minimum atomic E-state index is 0.757. The maximum atomic E-state index is 6.09. The molecule has 0 aliphatic carbocycles. The van der Waals surface area contributed by atoms with Crippen LogP contribution in [-0.4, -0.2) is 36.1 Å². The fourth-order valence-electron chi connectivity index (χ4n) is 2.96. The van der Waals surface area contributed by atoms with Crippen molar-refractivity contribution < 1.29 is 0 Å². The van der Waals surface area contributed by atoms with Crippen molar-refractivity contribution in [3.05, 3.63) is 35.5 Å². The number of aromatic nitrogens is 1. The van der Waals surface area contributed by atoms with E-state index in [0.717, 1.165) is 28.2 Å². The van der Waals surface area contributed by atoms with E-state index in [1.54, 1.807) is 0 Å². The number of hydrogen-bond donors (Lipinski definition) is 1. The van der Waals surface area contributed by atoms with Crippen molar-refractivity contribution in [2.24, 2.45) is 0 Å². The summed E-state index contributed by atoms with van der Waals surface area (Å²) >= 11 is 6.09. The molecule has 1 fully saturated rings. The number of likely N-dealkylation sites (tertiary alicyclic amines) is 1. The first kappa shape index (κ1) is 14.6. The summed E-state index contributed by atoms with van der Waals surface area (Å²) in [5.74, 6) is 0. The highest BCUT2D eigenvalue weighted by molar-refractivity contribution is 6.31. The molecule has 0 saturated carbocycles. The van der Waals surface area contributed by atoms with Gasteiger partial charge in [-0.2, -0.15) is 0 Å². The van der Waals surface area contributed by atoms with Crippen LogP contribution < -0.4 is 5.32 Å². The van der Waals surface area contributed by atoms with E-state index in [-0.39, 0.29) is 0 Å². The Morgan fingerprint density at radius 1 is 1.14 bits per heavy atom. The number of hydrogen-bond acceptors (Lipinski definition) is 3. The lowest BCUT2D eigenvalue weighted by Gasteiger charge is -2.14. The Morgan fingerprint density at radius 3 is 2.86 bits per heavy atom. The van der Waals surface area contributed by atoms with Crippen molar-refractivity contribution in [1.29, 1.82) is 0 Å². The molecule has 3 rings (SSSR count). The molecular weight excluding hydrogens is 282 g/mol. The van der Waals surface area contributed by atoms with Crippen LogP contribution in [0.5, 0.6) is 0 Å². The number of nitrogens with zero attached hydrogens (tertiary/aromatic N) is 2. The number of rotatable bonds is 6. The highest BCUT2D eigenvalue weighted by atomic mass is 35.5. The molecule has 4 heteroatoms. The normalized spacial score (nSPS) is 15.7. The smallest absolute Gasteiger partial charge is 0.0723 e. The van der Waals surface area contributed by atoms with E-state index in [2.05, 4.69) is 15.2 Å². The number of benzene rings is 1. The van der Waals surface area contributed by atoms with E-state index >= 15 is 0 Å². The Balaban J connectivity index is 1.51. The Bertz CT molecular complexity index is 594. The Morgan fingerprint density at radius 2 is 2.00 bits per heavy atom. The molecule has 112 valence electrons. The molecule has 0 atom stereocenters. The van der Waals surface area contributed by atoms with Gasteiger partial charge in [-0.05, 0) is 69.6 Å². The van der Waals surface area contributed by atoms with Gasteiger partial charge in [0.2, 0.25) is 0 Å². The van der Waals surface area contributed by atoms with Gasteiger partial charge in [0.25, 0.3) is 0 Å². The molecule has 1 aliphatic heterocycles. The number of nitrogens with one attached hydrogen (secondary N) is 1. The summed E-state index contributed by atoms with van der Waals surface area (Å²) in [5.41, 5.74) is 2.12. The van der Waals surface area contributed by atoms with Crippen molar-refractivity contribution >= 4 is 28.2 Å². The summed E-state index contributed by atoms with van der Waals surface area (Å²) in [4.78, 5) is 6.95. The van der Waals surface area contributed by atoms with Crippen LogP contribution in [-0.2, 0) is 0 Å². The third-order valence-electron chi connectivity index (χ3n) is 4.12. The Hall–Kier alpha value is -1.32. The van der Waals surface area contributed by atoms with Crippen molar-refractivity contribution in [2.75, 3.05) is 31.5 Å². The maximum Gasteiger partial charge on any atom is 0.0723 e. The molecule has 1 aromatic carbocycles. The monoisotopic (exact) mass is 303 g/mol. The summed E-state index contributed by atoms with van der Waals surface area (Å²) < 4.78 is 0. The van der Waals surface area contributed by atoms with Crippen LogP contribution in [0.4, 0.5) is 5.69 Å². The molecule has 3 nitrogen and oxygen atoms in total. The fourth-order valence-corrected chi connectivity index (χ4v) is 3.13. The summed E-state index contributed by atoms with van der Waals surface area (Å²) in [7, 11) is 0. The predicted octanol–water partition coefficient (Wildman–Crippen LogP) is 4.18. The molecule has 0 spiro atoms. The quantitative estimate of drug-likeness (QED) is 0.812. The van der Waals surface area contributed by atoms with Gasteiger partial charge in [0.1, 0.15) is 0 Å². The zero-order valence-corrected chi connectivity index (χ0v) is 13.1. The molecule has 2 aromatic rings. The van der Waals surface area contributed by atoms with Gasteiger partial charge in [-0.3, -0.25) is 4.98 Å². The van der Waals surface area contributed by atoms with Crippen LogP contribution in [0.3, 0.4) is 0 Å². The molecule has 0 amide bonds. The second-order valence-corrected chi connectivity index (χ2v) is 6.14. The van der Waals surface area contributed by atoms with Gasteiger partial charge < -0.3 is 10.2 Å². The lowest BCUT2D eigenvalue weighted by Crippen LogP contribution is -2.20. The molecule has 1 N–H and O–H groups in total. The molecule has 0 radical (unpaired) electrons. The van der Waals surface area contributed by atoms with Gasteiger partial charge in [0.05, 0.1) is 5.52 Å². The first-order valence-corrected chi connectivity index (χ1v) is 8.21. The summed E-state index contributed by atoms with van der Waals surface area (Å²) in [6.07, 6.45) is 7.06. The van der Waals surface area contributed by atoms with Gasteiger partial charge in [0.15, 0.2) is 0 Å². The molecule has 2 heterocycles. The first-order chi connectivity index (χ1) is 10.3. The average molecular weight is 304 g/mol. The molecule has 1 aliphatic rings. The van der Waals surface area contributed by atoms with Crippen molar-refractivity contribution in [3.63, 3.8) is 0 Å². The summed E-state index contributed by atoms with van der Waals surface area (Å²) in [6, 6.07) is 7.86. The topological polar surface area (TPSA) is 28.2 Å². The lowest BCUT2D eigenvalue weighted by molar-refractivity contribution is 0.331. The second-order valence-electron chi connectivity index (χ2n) is 5.70. The van der Waals surface area contributed by atoms with Crippen LogP contribution in [0.15, 0.2) is 30.5 Å². The lowest BCUT2D eigenvalue weighted by atomic mass is 10.2. The average Bonchev–Trinajstić information content (AvgIpc) is 3.00. The predicted molar refractivity (Wildman–Crippen MR) is 90.2 cm³/mol. The van der Waals surface area contributed by atoms with E-state index in [4.69, 9.17) is 11.6 Å². The van der Waals surface area contributed by atoms with E-state index in [1.807, 2.05) is 30.5 Å². The number of pyridine rings is 1. The highest BCUT2D eigenvalue weighted by Crippen LogP contribution is 2.24. The standard InChI is InChI=1S/C17H22ClN3/c18-14-5-6-16-15(13-14)17(7-9-20-16)19-8-1-2-10-21-11-3-4-12-21/h5-7,9,13H,1-4,8,10-12H2,(H,19,20). The third kappa shape index (κ3) is 3.86. The van der Waals surface area contributed by atoms with Crippen molar-refractivity contribution in [3.8, 4) is 0 Å². The molecular formula is C17H22ClN3. The van der Waals surface area contributed by atoms with E-state index in [9.17, 15) is 0 Å². The fraction of sp³-hybridized carbons (Fsp3) is 0.471. The highest BCUT2D eigenvalue weighted by Gasteiger charge is 2.10. The number of unbranched alkanes of at least 4 members (excludes halogenated alkanes) is 1. The van der Waals surface area contributed by atoms with Crippen LogP contribution in [0.25, 0.3) is 10.9 Å². The molecule has 0 unspecified atom stereocenters. The van der Waals surface area contributed by atoms with Gasteiger partial charge in [-0.25, -0.2) is 0 Å². The summed E-state index contributed by atoms with van der Waals surface area (Å²) in [5, 5.41) is 5.38. The molecule has 0 bridgehead atoms. The zero-order valence-electron chi connectivity index (χ0n) is 12.3. The van der Waals surface area contributed by atoms with Crippen LogP contribution in [0, 0.1) is 0 Å². The third-order valence-corrected chi connectivity index (χ3v) is 4.35. The van der Waals surface area contributed by atoms with E-state index < -0.39 is 0 Å². The van der Waals surface area contributed by atoms with Gasteiger partial charge >= 0.3 is 0 Å². The maximum absolute atomic E-state index is 6.09. The number of anilines is 1. The second kappa shape index (κ2) is 7.10. The minimum absolute atomic E-state index is 0.757. The Kier molecular flexibility index (Phi) is 4.94. The van der Waals surface area contributed by atoms with Crippen molar-refractivity contribution in [1.82, 2.24) is 9.88 Å². The number of halogens is 1. The molecule has 1 saturated heterocycles. The van der Waals surface area contributed by atoms with E-state index in [0.29, 0.717) is 0 Å². The molecule has 21 heavy (non-hydrogen) atoms. The van der Waals surface area contributed by atoms with Crippen LogP contribution in [0.2, 0.25) is 5.02 Å². The number of fused-ring (bicyclic) bond motifs is 1. The van der Waals surface area contributed by atoms with Crippen LogP contribution in [0.1, 0.15) is 25.7 Å². The minimum Gasteiger partial charge on any atom is -0.384 e. The van der Waals surface area contributed by atoms with E-state index in [1.165, 1.54) is 45.3 Å². The largest absolute Gasteiger partial charge is 0.384 e.